The highest BCUT2D eigenvalue weighted by Crippen LogP contribution is 2.21. The fourth-order valence-electron chi connectivity index (χ4n) is 1.23. The summed E-state index contributed by atoms with van der Waals surface area (Å²) in [5.74, 6) is 0. The molecule has 1 aromatic heterocycles. The molecule has 0 saturated carbocycles. The predicted molar refractivity (Wildman–Crippen MR) is 47.4 cm³/mol. The maximum atomic E-state index is 5.26. The second-order valence-corrected chi connectivity index (χ2v) is 3.48. The maximum Gasteiger partial charge on any atom is 0.0910 e. The first-order valence-electron chi connectivity index (χ1n) is 3.83. The summed E-state index contributed by atoms with van der Waals surface area (Å²) in [5.41, 5.74) is 0. The Labute approximate surface area is 70.4 Å². The fourth-order valence-corrected chi connectivity index (χ4v) is 2.02. The van der Waals surface area contributed by atoms with Gasteiger partial charge in [0.25, 0.3) is 0 Å². The van der Waals surface area contributed by atoms with Crippen LogP contribution < -0.4 is 4.90 Å². The summed E-state index contributed by atoms with van der Waals surface area (Å²) in [5, 5.41) is 3.48. The topological polar surface area (TPSA) is 12.5 Å². The zero-order valence-corrected chi connectivity index (χ0v) is 7.14. The molecule has 1 aliphatic rings. The van der Waals surface area contributed by atoms with E-state index in [-0.39, 0.29) is 0 Å². The molecule has 0 amide bonds. The van der Waals surface area contributed by atoms with E-state index in [0.29, 0.717) is 0 Å². The number of hydrogen-bond acceptors (Lipinski definition) is 3. The van der Waals surface area contributed by atoms with Gasteiger partial charge < -0.3 is 9.64 Å². The highest BCUT2D eigenvalue weighted by atomic mass is 32.1. The standard InChI is InChI=1S/C8H11NOS/c1-2-8(11-7-1)9-3-5-10-6-4-9/h1-2,7H,3-6H2. The summed E-state index contributed by atoms with van der Waals surface area (Å²) in [4.78, 5) is 2.37. The van der Waals surface area contributed by atoms with Crippen LogP contribution in [0, 0.1) is 0 Å². The van der Waals surface area contributed by atoms with Crippen LogP contribution >= 0.6 is 11.3 Å². The fraction of sp³-hybridized carbons (Fsp3) is 0.500. The van der Waals surface area contributed by atoms with Crippen molar-refractivity contribution in [3.05, 3.63) is 17.5 Å². The van der Waals surface area contributed by atoms with Gasteiger partial charge in [0.05, 0.1) is 18.2 Å². The molecule has 0 aromatic carbocycles. The molecule has 1 fully saturated rings. The Bertz CT molecular complexity index is 204. The zero-order valence-electron chi connectivity index (χ0n) is 6.32. The number of hydrogen-bond donors (Lipinski definition) is 0. The minimum atomic E-state index is 0.873. The number of morpholine rings is 1. The van der Waals surface area contributed by atoms with Gasteiger partial charge in [0, 0.05) is 13.1 Å². The lowest BCUT2D eigenvalue weighted by atomic mass is 10.4. The monoisotopic (exact) mass is 169 g/mol. The summed E-state index contributed by atoms with van der Waals surface area (Å²) in [7, 11) is 0. The van der Waals surface area contributed by atoms with Crippen molar-refractivity contribution in [2.45, 2.75) is 0 Å². The molecule has 11 heavy (non-hydrogen) atoms. The van der Waals surface area contributed by atoms with Gasteiger partial charge in [-0.1, -0.05) is 0 Å². The van der Waals surface area contributed by atoms with Crippen molar-refractivity contribution >= 4 is 16.3 Å². The SMILES string of the molecule is c1csc(N2CCOCC2)c1. The second-order valence-electron chi connectivity index (χ2n) is 2.55. The first kappa shape index (κ1) is 7.13. The van der Waals surface area contributed by atoms with Crippen molar-refractivity contribution in [2.75, 3.05) is 31.2 Å². The van der Waals surface area contributed by atoms with Gasteiger partial charge in [0.1, 0.15) is 0 Å². The summed E-state index contributed by atoms with van der Waals surface area (Å²) in [6.45, 7) is 3.83. The molecule has 1 aromatic rings. The Morgan fingerprint density at radius 2 is 2.18 bits per heavy atom. The van der Waals surface area contributed by atoms with E-state index in [2.05, 4.69) is 22.4 Å². The second kappa shape index (κ2) is 3.24. The minimum Gasteiger partial charge on any atom is -0.378 e. The smallest absolute Gasteiger partial charge is 0.0910 e. The number of nitrogens with zero attached hydrogens (tertiary/aromatic N) is 1. The largest absolute Gasteiger partial charge is 0.378 e. The van der Waals surface area contributed by atoms with E-state index < -0.39 is 0 Å². The number of rotatable bonds is 1. The summed E-state index contributed by atoms with van der Waals surface area (Å²) >= 11 is 1.80. The number of thiophene rings is 1. The maximum absolute atomic E-state index is 5.26. The molecule has 0 N–H and O–H groups in total. The van der Waals surface area contributed by atoms with Crippen LogP contribution in [0.1, 0.15) is 0 Å². The Balaban J connectivity index is 2.04. The van der Waals surface area contributed by atoms with Gasteiger partial charge in [0.15, 0.2) is 0 Å². The highest BCUT2D eigenvalue weighted by molar-refractivity contribution is 7.14. The molecule has 0 radical (unpaired) electrons. The molecule has 1 aliphatic heterocycles. The third-order valence-corrected chi connectivity index (χ3v) is 2.76. The minimum absolute atomic E-state index is 0.873. The highest BCUT2D eigenvalue weighted by Gasteiger charge is 2.10. The summed E-state index contributed by atoms with van der Waals surface area (Å²) in [6.07, 6.45) is 0. The lowest BCUT2D eigenvalue weighted by Crippen LogP contribution is -2.35. The average molecular weight is 169 g/mol. The van der Waals surface area contributed by atoms with Crippen LogP contribution in [-0.2, 0) is 4.74 Å². The van der Waals surface area contributed by atoms with Crippen LogP contribution in [0.4, 0.5) is 5.00 Å². The van der Waals surface area contributed by atoms with E-state index in [1.807, 2.05) is 0 Å². The van der Waals surface area contributed by atoms with Crippen LogP contribution in [0.15, 0.2) is 17.5 Å². The van der Waals surface area contributed by atoms with E-state index in [0.717, 1.165) is 26.3 Å². The van der Waals surface area contributed by atoms with E-state index in [1.54, 1.807) is 11.3 Å². The lowest BCUT2D eigenvalue weighted by molar-refractivity contribution is 0.123. The first-order valence-corrected chi connectivity index (χ1v) is 4.71. The lowest BCUT2D eigenvalue weighted by Gasteiger charge is -2.27. The normalized spacial score (nSPS) is 18.7. The van der Waals surface area contributed by atoms with Crippen molar-refractivity contribution in [2.24, 2.45) is 0 Å². The summed E-state index contributed by atoms with van der Waals surface area (Å²) < 4.78 is 5.26. The van der Waals surface area contributed by atoms with Gasteiger partial charge in [-0.15, -0.1) is 11.3 Å². The van der Waals surface area contributed by atoms with Crippen molar-refractivity contribution < 1.29 is 4.74 Å². The molecule has 2 nitrogen and oxygen atoms in total. The van der Waals surface area contributed by atoms with Crippen LogP contribution in [0.25, 0.3) is 0 Å². The van der Waals surface area contributed by atoms with Crippen molar-refractivity contribution in [3.8, 4) is 0 Å². The van der Waals surface area contributed by atoms with E-state index >= 15 is 0 Å². The van der Waals surface area contributed by atoms with Gasteiger partial charge >= 0.3 is 0 Å². The zero-order chi connectivity index (χ0) is 7.52. The average Bonchev–Trinajstić information content (AvgIpc) is 2.58. The van der Waals surface area contributed by atoms with Gasteiger partial charge in [-0.05, 0) is 17.5 Å². The molecule has 0 unspecified atom stereocenters. The number of ether oxygens (including phenoxy) is 1. The van der Waals surface area contributed by atoms with Crippen LogP contribution in [0.5, 0.6) is 0 Å². The Kier molecular flexibility index (Phi) is 2.10. The first-order chi connectivity index (χ1) is 5.47. The van der Waals surface area contributed by atoms with Crippen LogP contribution in [0.2, 0.25) is 0 Å². The van der Waals surface area contributed by atoms with Crippen LogP contribution in [0.3, 0.4) is 0 Å². The molecule has 0 aliphatic carbocycles. The van der Waals surface area contributed by atoms with E-state index in [4.69, 9.17) is 4.74 Å². The molecule has 2 heterocycles. The molecule has 3 heteroatoms. The Morgan fingerprint density at radius 1 is 1.36 bits per heavy atom. The molecule has 0 atom stereocenters. The van der Waals surface area contributed by atoms with Crippen molar-refractivity contribution in [3.63, 3.8) is 0 Å². The molecular weight excluding hydrogens is 158 g/mol. The van der Waals surface area contributed by atoms with Crippen molar-refractivity contribution in [1.29, 1.82) is 0 Å². The van der Waals surface area contributed by atoms with Crippen molar-refractivity contribution in [1.82, 2.24) is 0 Å². The van der Waals surface area contributed by atoms with Gasteiger partial charge in [0.2, 0.25) is 0 Å². The van der Waals surface area contributed by atoms with E-state index in [9.17, 15) is 0 Å². The molecular formula is C8H11NOS. The predicted octanol–water partition coefficient (Wildman–Crippen LogP) is 1.58. The Hall–Kier alpha value is -0.540. The number of anilines is 1. The third kappa shape index (κ3) is 1.54. The molecule has 0 spiro atoms. The summed E-state index contributed by atoms with van der Waals surface area (Å²) in [6, 6.07) is 4.26. The molecule has 2 rings (SSSR count). The van der Waals surface area contributed by atoms with Gasteiger partial charge in [-0.25, -0.2) is 0 Å². The Morgan fingerprint density at radius 3 is 2.82 bits per heavy atom. The quantitative estimate of drug-likeness (QED) is 0.633. The molecule has 0 bridgehead atoms. The third-order valence-electron chi connectivity index (χ3n) is 1.83. The van der Waals surface area contributed by atoms with Crippen LogP contribution in [-0.4, -0.2) is 26.3 Å². The molecule has 1 saturated heterocycles. The van der Waals surface area contributed by atoms with E-state index in [1.165, 1.54) is 5.00 Å². The van der Waals surface area contributed by atoms with Gasteiger partial charge in [-0.2, -0.15) is 0 Å². The molecule has 60 valence electrons. The van der Waals surface area contributed by atoms with Gasteiger partial charge in [-0.3, -0.25) is 0 Å².